The van der Waals surface area contributed by atoms with Gasteiger partial charge >= 0.3 is 0 Å². The molecule has 20 heavy (non-hydrogen) atoms. The predicted molar refractivity (Wildman–Crippen MR) is 77.7 cm³/mol. The molecule has 0 bridgehead atoms. The van der Waals surface area contributed by atoms with Crippen molar-refractivity contribution in [3.05, 3.63) is 29.3 Å². The first kappa shape index (κ1) is 14.9. The average Bonchev–Trinajstić information content (AvgIpc) is 2.39. The molecule has 2 N–H and O–H groups in total. The van der Waals surface area contributed by atoms with Gasteiger partial charge in [0.25, 0.3) is 5.91 Å². The highest BCUT2D eigenvalue weighted by Gasteiger charge is 2.47. The molecule has 0 spiro atoms. The summed E-state index contributed by atoms with van der Waals surface area (Å²) in [5, 5.41) is 12.6. The van der Waals surface area contributed by atoms with Crippen LogP contribution in [-0.4, -0.2) is 29.8 Å². The molecule has 0 heterocycles. The van der Waals surface area contributed by atoms with Gasteiger partial charge in [0.1, 0.15) is 5.75 Å². The van der Waals surface area contributed by atoms with Gasteiger partial charge in [0.2, 0.25) is 0 Å². The Labute approximate surface area is 120 Å². The molecule has 0 saturated heterocycles. The highest BCUT2D eigenvalue weighted by Crippen LogP contribution is 2.40. The third-order valence-corrected chi connectivity index (χ3v) is 4.25. The molecule has 1 fully saturated rings. The molecular weight excluding hydrogens is 254 g/mol. The van der Waals surface area contributed by atoms with Crippen LogP contribution < -0.4 is 10.1 Å². The van der Waals surface area contributed by atoms with Gasteiger partial charge in [-0.1, -0.05) is 26.0 Å². The van der Waals surface area contributed by atoms with E-state index < -0.39 is 0 Å². The third kappa shape index (κ3) is 2.96. The number of nitrogens with one attached hydrogen (secondary N) is 1. The van der Waals surface area contributed by atoms with Gasteiger partial charge in [-0.25, -0.2) is 0 Å². The number of ether oxygens (including phenoxy) is 1. The summed E-state index contributed by atoms with van der Waals surface area (Å²) >= 11 is 0. The van der Waals surface area contributed by atoms with Crippen molar-refractivity contribution in [1.82, 2.24) is 5.32 Å². The molecule has 2 rings (SSSR count). The predicted octanol–water partition coefficient (Wildman–Crippen LogP) is 1.96. The fourth-order valence-electron chi connectivity index (χ4n) is 2.39. The summed E-state index contributed by atoms with van der Waals surface area (Å²) in [5.74, 6) is 0.601. The van der Waals surface area contributed by atoms with E-state index in [1.165, 1.54) is 0 Å². The van der Waals surface area contributed by atoms with E-state index in [0.717, 1.165) is 16.9 Å². The number of aryl methyl sites for hydroxylation is 2. The van der Waals surface area contributed by atoms with Gasteiger partial charge in [-0.2, -0.15) is 0 Å². The number of aliphatic hydroxyl groups excluding tert-OH is 1. The van der Waals surface area contributed by atoms with Gasteiger partial charge in [-0.3, -0.25) is 4.79 Å². The first-order chi connectivity index (χ1) is 9.30. The maximum absolute atomic E-state index is 11.9. The minimum Gasteiger partial charge on any atom is -0.483 e. The Morgan fingerprint density at radius 2 is 2.15 bits per heavy atom. The molecule has 110 valence electrons. The van der Waals surface area contributed by atoms with Crippen LogP contribution in [0, 0.1) is 19.3 Å². The van der Waals surface area contributed by atoms with Gasteiger partial charge in [0, 0.05) is 11.5 Å². The van der Waals surface area contributed by atoms with Crippen molar-refractivity contribution in [2.75, 3.05) is 6.61 Å². The Balaban J connectivity index is 1.86. The van der Waals surface area contributed by atoms with Gasteiger partial charge in [0.05, 0.1) is 6.10 Å². The smallest absolute Gasteiger partial charge is 0.258 e. The molecule has 0 aliphatic heterocycles. The minimum atomic E-state index is -0.340. The van der Waals surface area contributed by atoms with E-state index in [2.05, 4.69) is 5.32 Å². The summed E-state index contributed by atoms with van der Waals surface area (Å²) in [4.78, 5) is 11.9. The fraction of sp³-hybridized carbons (Fsp3) is 0.562. The van der Waals surface area contributed by atoms with Crippen LogP contribution in [0.25, 0.3) is 0 Å². The standard InChI is InChI=1S/C16H23NO3/c1-10-5-6-11(2)12(7-10)20-9-15(19)17-13-8-14(18)16(13,3)4/h5-7,13-14,18H,8-9H2,1-4H3,(H,17,19). The molecule has 1 aliphatic carbocycles. The monoisotopic (exact) mass is 277 g/mol. The van der Waals surface area contributed by atoms with Crippen molar-refractivity contribution in [3.8, 4) is 5.75 Å². The summed E-state index contributed by atoms with van der Waals surface area (Å²) in [6.45, 7) is 7.87. The van der Waals surface area contributed by atoms with E-state index in [1.54, 1.807) is 0 Å². The number of carbonyl (C=O) groups excluding carboxylic acids is 1. The Bertz CT molecular complexity index is 510. The molecule has 4 heteroatoms. The van der Waals surface area contributed by atoms with E-state index in [0.29, 0.717) is 6.42 Å². The first-order valence-corrected chi connectivity index (χ1v) is 6.98. The Morgan fingerprint density at radius 3 is 2.75 bits per heavy atom. The minimum absolute atomic E-state index is 0.00691. The van der Waals surface area contributed by atoms with E-state index in [1.807, 2.05) is 45.9 Å². The zero-order chi connectivity index (χ0) is 14.9. The second-order valence-electron chi connectivity index (χ2n) is 6.25. The third-order valence-electron chi connectivity index (χ3n) is 4.25. The molecule has 0 aromatic heterocycles. The summed E-state index contributed by atoms with van der Waals surface area (Å²) < 4.78 is 5.57. The van der Waals surface area contributed by atoms with Crippen molar-refractivity contribution in [2.24, 2.45) is 5.41 Å². The number of rotatable bonds is 4. The molecule has 4 nitrogen and oxygen atoms in total. The second kappa shape index (κ2) is 5.44. The van der Waals surface area contributed by atoms with Gasteiger partial charge < -0.3 is 15.2 Å². The number of amides is 1. The SMILES string of the molecule is Cc1ccc(C)c(OCC(=O)NC2CC(O)C2(C)C)c1. The number of carbonyl (C=O) groups is 1. The summed E-state index contributed by atoms with van der Waals surface area (Å²) in [6, 6.07) is 5.95. The lowest BCUT2D eigenvalue weighted by atomic mass is 9.64. The molecule has 1 aliphatic rings. The molecular formula is C16H23NO3. The summed E-state index contributed by atoms with van der Waals surface area (Å²) in [7, 11) is 0. The second-order valence-corrected chi connectivity index (χ2v) is 6.25. The van der Waals surface area contributed by atoms with E-state index in [4.69, 9.17) is 4.74 Å². The topological polar surface area (TPSA) is 58.6 Å². The van der Waals surface area contributed by atoms with E-state index in [-0.39, 0.29) is 30.1 Å². The highest BCUT2D eigenvalue weighted by molar-refractivity contribution is 5.78. The highest BCUT2D eigenvalue weighted by atomic mass is 16.5. The number of aliphatic hydroxyl groups is 1. The number of benzene rings is 1. The largest absolute Gasteiger partial charge is 0.483 e. The van der Waals surface area contributed by atoms with Gasteiger partial charge in [-0.05, 0) is 37.5 Å². The lowest BCUT2D eigenvalue weighted by molar-refractivity contribution is -0.131. The van der Waals surface area contributed by atoms with Crippen LogP contribution in [-0.2, 0) is 4.79 Å². The molecule has 1 amide bonds. The molecule has 0 radical (unpaired) electrons. The normalized spacial score (nSPS) is 23.9. The van der Waals surface area contributed by atoms with Crippen LogP contribution in [0.1, 0.15) is 31.4 Å². The zero-order valence-corrected chi connectivity index (χ0v) is 12.6. The van der Waals surface area contributed by atoms with Crippen LogP contribution in [0.2, 0.25) is 0 Å². The van der Waals surface area contributed by atoms with Crippen LogP contribution >= 0.6 is 0 Å². The van der Waals surface area contributed by atoms with Crippen LogP contribution in [0.4, 0.5) is 0 Å². The Morgan fingerprint density at radius 1 is 1.45 bits per heavy atom. The average molecular weight is 277 g/mol. The van der Waals surface area contributed by atoms with Gasteiger partial charge in [-0.15, -0.1) is 0 Å². The van der Waals surface area contributed by atoms with Crippen molar-refractivity contribution >= 4 is 5.91 Å². The number of hydrogen-bond donors (Lipinski definition) is 2. The quantitative estimate of drug-likeness (QED) is 0.884. The van der Waals surface area contributed by atoms with Crippen molar-refractivity contribution in [1.29, 1.82) is 0 Å². The maximum Gasteiger partial charge on any atom is 0.258 e. The Kier molecular flexibility index (Phi) is 4.04. The molecule has 1 saturated carbocycles. The number of hydrogen-bond acceptors (Lipinski definition) is 3. The first-order valence-electron chi connectivity index (χ1n) is 6.98. The van der Waals surface area contributed by atoms with Crippen molar-refractivity contribution < 1.29 is 14.6 Å². The van der Waals surface area contributed by atoms with Gasteiger partial charge in [0.15, 0.2) is 6.61 Å². The van der Waals surface area contributed by atoms with Crippen LogP contribution in [0.15, 0.2) is 18.2 Å². The zero-order valence-electron chi connectivity index (χ0n) is 12.6. The van der Waals surface area contributed by atoms with E-state index in [9.17, 15) is 9.90 Å². The van der Waals surface area contributed by atoms with E-state index >= 15 is 0 Å². The lowest BCUT2D eigenvalue weighted by Crippen LogP contribution is -2.61. The molecule has 1 aromatic carbocycles. The van der Waals surface area contributed by atoms with Crippen LogP contribution in [0.5, 0.6) is 5.75 Å². The van der Waals surface area contributed by atoms with Crippen molar-refractivity contribution in [2.45, 2.75) is 46.3 Å². The Hall–Kier alpha value is -1.55. The maximum atomic E-state index is 11.9. The lowest BCUT2D eigenvalue weighted by Gasteiger charge is -2.49. The molecule has 2 atom stereocenters. The fourth-order valence-corrected chi connectivity index (χ4v) is 2.39. The molecule has 1 aromatic rings. The van der Waals surface area contributed by atoms with Crippen molar-refractivity contribution in [3.63, 3.8) is 0 Å². The summed E-state index contributed by atoms with van der Waals surface area (Å²) in [6.07, 6.45) is 0.273. The summed E-state index contributed by atoms with van der Waals surface area (Å²) in [5.41, 5.74) is 1.87. The van der Waals surface area contributed by atoms with Crippen LogP contribution in [0.3, 0.4) is 0 Å². The molecule has 2 unspecified atom stereocenters.